The van der Waals surface area contributed by atoms with E-state index in [0.29, 0.717) is 12.8 Å². The van der Waals surface area contributed by atoms with E-state index < -0.39 is 26.5 Å². The number of unbranched alkanes of at least 4 members (excludes halogenated alkanes) is 3. The molecule has 1 nitrogen and oxygen atoms in total. The molecule has 0 bridgehead atoms. The van der Waals surface area contributed by atoms with Gasteiger partial charge in [0.1, 0.15) is 0 Å². The van der Waals surface area contributed by atoms with Gasteiger partial charge in [-0.2, -0.15) is 0 Å². The summed E-state index contributed by atoms with van der Waals surface area (Å²) in [6.07, 6.45) is 8.39. The summed E-state index contributed by atoms with van der Waals surface area (Å²) < 4.78 is 11.8. The van der Waals surface area contributed by atoms with Gasteiger partial charge in [0, 0.05) is 0 Å². The Labute approximate surface area is 180 Å². The molecule has 0 saturated carbocycles. The first-order chi connectivity index (χ1) is 12.5. The van der Waals surface area contributed by atoms with Crippen LogP contribution in [-0.2, 0) is 4.43 Å². The molecular weight excluding hydrogens is 467 g/mol. The second-order valence-electron chi connectivity index (χ2n) is 10.3. The quantitative estimate of drug-likeness (QED) is 0.156. The Kier molecular flexibility index (Phi) is 13.5. The molecule has 0 aliphatic rings. The second-order valence-corrected chi connectivity index (χ2v) is 32.7. The molecule has 0 rings (SSSR count). The van der Waals surface area contributed by atoms with Gasteiger partial charge >= 0.3 is 181 Å². The Morgan fingerprint density at radius 1 is 0.963 bits per heavy atom. The summed E-state index contributed by atoms with van der Waals surface area (Å²) in [4.78, 5) is 0. The van der Waals surface area contributed by atoms with Crippen LogP contribution in [0, 0.1) is 5.92 Å². The Bertz CT molecular complexity index is 407. The van der Waals surface area contributed by atoms with Crippen LogP contribution in [0.2, 0.25) is 36.0 Å². The first-order valence-corrected chi connectivity index (χ1v) is 23.6. The van der Waals surface area contributed by atoms with Crippen molar-refractivity contribution in [3.8, 4) is 0 Å². The minimum absolute atomic E-state index is 0.461. The molecule has 0 heterocycles. The van der Waals surface area contributed by atoms with Crippen LogP contribution >= 0.6 is 0 Å². The molecule has 27 heavy (non-hydrogen) atoms. The van der Waals surface area contributed by atoms with E-state index in [1.165, 1.54) is 44.3 Å². The molecular formula is C23H50OSi2Sn. The zero-order valence-electron chi connectivity index (χ0n) is 20.4. The third kappa shape index (κ3) is 9.42. The van der Waals surface area contributed by atoms with Crippen molar-refractivity contribution in [3.05, 3.63) is 11.5 Å². The van der Waals surface area contributed by atoms with Gasteiger partial charge < -0.3 is 0 Å². The third-order valence-electron chi connectivity index (χ3n) is 6.34. The molecule has 0 spiro atoms. The zero-order valence-corrected chi connectivity index (χ0v) is 25.3. The number of rotatable bonds is 15. The fourth-order valence-corrected chi connectivity index (χ4v) is 30.4. The van der Waals surface area contributed by atoms with E-state index in [0.717, 1.165) is 5.92 Å². The van der Waals surface area contributed by atoms with E-state index in [2.05, 4.69) is 73.8 Å². The van der Waals surface area contributed by atoms with Crippen molar-refractivity contribution in [1.82, 2.24) is 0 Å². The van der Waals surface area contributed by atoms with Crippen LogP contribution in [0.3, 0.4) is 0 Å². The van der Waals surface area contributed by atoms with Gasteiger partial charge in [0.25, 0.3) is 0 Å². The molecule has 0 aromatic carbocycles. The molecule has 0 aromatic rings. The Morgan fingerprint density at radius 3 is 1.67 bits per heavy atom. The van der Waals surface area contributed by atoms with E-state index in [1.807, 2.05) is 0 Å². The molecule has 0 aromatic heterocycles. The topological polar surface area (TPSA) is 9.23 Å². The Morgan fingerprint density at radius 2 is 1.37 bits per heavy atom. The van der Waals surface area contributed by atoms with Gasteiger partial charge in [-0.15, -0.1) is 0 Å². The van der Waals surface area contributed by atoms with Gasteiger partial charge in [0.15, 0.2) is 0 Å². The van der Waals surface area contributed by atoms with E-state index in [9.17, 15) is 0 Å². The second kappa shape index (κ2) is 13.2. The fraction of sp³-hybridized carbons (Fsp3) is 0.913. The molecule has 0 aliphatic heterocycles. The van der Waals surface area contributed by atoms with E-state index in [-0.39, 0.29) is 0 Å². The van der Waals surface area contributed by atoms with Crippen molar-refractivity contribution in [2.75, 3.05) is 0 Å². The summed E-state index contributed by atoms with van der Waals surface area (Å²) in [5, 5.41) is 0. The molecule has 0 N–H and O–H groups in total. The van der Waals surface area contributed by atoms with Crippen LogP contribution in [0.4, 0.5) is 0 Å². The molecule has 160 valence electrons. The summed E-state index contributed by atoms with van der Waals surface area (Å²) in [5.74, 6) is 1.93. The van der Waals surface area contributed by atoms with Crippen LogP contribution in [0.1, 0.15) is 87.0 Å². The van der Waals surface area contributed by atoms with Crippen molar-refractivity contribution in [2.45, 2.75) is 123 Å². The predicted octanol–water partition coefficient (Wildman–Crippen LogP) is 8.63. The molecule has 0 fully saturated rings. The molecule has 0 aliphatic carbocycles. The first-order valence-electron chi connectivity index (χ1n) is 11.6. The maximum absolute atomic E-state index is 6.57. The average molecular weight is 518 g/mol. The van der Waals surface area contributed by atoms with Crippen molar-refractivity contribution < 1.29 is 4.43 Å². The number of hydrogen-bond acceptors (Lipinski definition) is 1. The molecule has 0 amide bonds. The maximum atomic E-state index is 6.57. The third-order valence-corrected chi connectivity index (χ3v) is 32.6. The summed E-state index contributed by atoms with van der Waals surface area (Å²) in [6.45, 7) is 24.2. The molecule has 2 radical (unpaired) electrons. The summed E-state index contributed by atoms with van der Waals surface area (Å²) in [5.41, 5.74) is 2.45. The normalized spacial score (nSPS) is 15.9. The van der Waals surface area contributed by atoms with Crippen molar-refractivity contribution in [2.24, 2.45) is 5.92 Å². The van der Waals surface area contributed by atoms with Crippen LogP contribution in [0.15, 0.2) is 11.5 Å². The number of allylic oxidation sites excluding steroid dienone is 1. The zero-order chi connectivity index (χ0) is 21.1. The molecule has 4 heteroatoms. The Balaban J connectivity index is 5.80. The van der Waals surface area contributed by atoms with Crippen LogP contribution in [0.5, 0.6) is 0 Å². The minimum atomic E-state index is -2.37. The van der Waals surface area contributed by atoms with E-state index in [1.54, 1.807) is 13.3 Å². The standard InChI is InChI=1S/C11H23OSi2.3C4H9.Sn/c1-9(2)11(4)13-12-10(3)8-14(5,6)7;3*1-3-4-2;/h8-9H,1-7H3;3*1,3-4H2,2H3;/b10-8-;;;;. The SMILES string of the molecule is CCC[CH2][Sn]([CH2]CCC)([CH2]CCC)[C](C)([Si]O/C(C)=C\[Si](C)(C)C)C(C)C. The van der Waals surface area contributed by atoms with Crippen molar-refractivity contribution in [3.63, 3.8) is 0 Å². The fourth-order valence-electron chi connectivity index (χ4n) is 4.36. The van der Waals surface area contributed by atoms with E-state index >= 15 is 0 Å². The number of hydrogen-bond donors (Lipinski definition) is 0. The van der Waals surface area contributed by atoms with Crippen LogP contribution < -0.4 is 0 Å². The van der Waals surface area contributed by atoms with Gasteiger partial charge in [-0.05, 0) is 0 Å². The van der Waals surface area contributed by atoms with Gasteiger partial charge in [-0.25, -0.2) is 0 Å². The van der Waals surface area contributed by atoms with Crippen LogP contribution in [-0.4, -0.2) is 36.2 Å². The summed E-state index contributed by atoms with van der Waals surface area (Å²) >= 11 is -2.37. The Hall–Kier alpha value is 0.772. The molecule has 0 saturated heterocycles. The van der Waals surface area contributed by atoms with Gasteiger partial charge in [0.2, 0.25) is 0 Å². The average Bonchev–Trinajstić information content (AvgIpc) is 2.57. The van der Waals surface area contributed by atoms with Gasteiger partial charge in [-0.1, -0.05) is 0 Å². The van der Waals surface area contributed by atoms with Crippen molar-refractivity contribution in [1.29, 1.82) is 0 Å². The monoisotopic (exact) mass is 518 g/mol. The van der Waals surface area contributed by atoms with Gasteiger partial charge in [-0.3, -0.25) is 0 Å². The molecule has 1 unspecified atom stereocenters. The van der Waals surface area contributed by atoms with Crippen molar-refractivity contribution >= 4 is 36.2 Å². The molecule has 1 atom stereocenters. The predicted molar refractivity (Wildman–Crippen MR) is 132 cm³/mol. The summed E-state index contributed by atoms with van der Waals surface area (Å²) in [7, 11) is -0.563. The first kappa shape index (κ1) is 27.8. The summed E-state index contributed by atoms with van der Waals surface area (Å²) in [6, 6.07) is 0. The van der Waals surface area contributed by atoms with Crippen LogP contribution in [0.25, 0.3) is 0 Å². The van der Waals surface area contributed by atoms with E-state index in [4.69, 9.17) is 4.43 Å². The van der Waals surface area contributed by atoms with Gasteiger partial charge in [0.05, 0.1) is 0 Å².